The first-order valence-corrected chi connectivity index (χ1v) is 11.8. The number of urea groups is 1. The summed E-state index contributed by atoms with van der Waals surface area (Å²) in [5, 5.41) is 9.96. The third-order valence-corrected chi connectivity index (χ3v) is 7.56. The van der Waals surface area contributed by atoms with Crippen LogP contribution < -0.4 is 15.4 Å². The average molecular weight is 432 g/mol. The minimum absolute atomic E-state index is 0.0629. The van der Waals surface area contributed by atoms with Crippen LogP contribution in [0.15, 0.2) is 6.07 Å². The van der Waals surface area contributed by atoms with Gasteiger partial charge in [0.1, 0.15) is 5.82 Å². The number of aromatic nitrogens is 3. The van der Waals surface area contributed by atoms with Crippen molar-refractivity contribution >= 4 is 27.9 Å². The molecule has 1 aliphatic heterocycles. The molecule has 1 aromatic carbocycles. The molecule has 11 heteroatoms. The van der Waals surface area contributed by atoms with Crippen molar-refractivity contribution in [2.24, 2.45) is 0 Å². The number of fused-ring (bicyclic) bond motifs is 3. The molecular formula is C19H25N7O3S. The molecule has 2 heterocycles. The summed E-state index contributed by atoms with van der Waals surface area (Å²) in [5.74, 6) is 0.983. The van der Waals surface area contributed by atoms with Gasteiger partial charge in [0.2, 0.25) is 5.95 Å². The van der Waals surface area contributed by atoms with Gasteiger partial charge in [-0.3, -0.25) is 0 Å². The van der Waals surface area contributed by atoms with E-state index in [-0.39, 0.29) is 13.1 Å². The van der Waals surface area contributed by atoms with Crippen LogP contribution in [0.5, 0.6) is 0 Å². The Morgan fingerprint density at radius 2 is 1.77 bits per heavy atom. The van der Waals surface area contributed by atoms with E-state index in [9.17, 15) is 13.2 Å². The SMILES string of the molecule is CNc1nc2n(n1)CCN(S(=O)(=O)NC(=O)Nc1c3c(cc4c1CCC4)CCC3)C2. The molecule has 0 saturated carbocycles. The number of nitrogens with zero attached hydrogens (tertiary/aromatic N) is 4. The summed E-state index contributed by atoms with van der Waals surface area (Å²) < 4.78 is 30.7. The number of carbonyl (C=O) groups is 1. The molecule has 2 aromatic rings. The number of hydrogen-bond acceptors (Lipinski definition) is 6. The van der Waals surface area contributed by atoms with Crippen LogP contribution in [0.1, 0.15) is 40.9 Å². The van der Waals surface area contributed by atoms with E-state index in [0.717, 1.165) is 55.3 Å². The largest absolute Gasteiger partial charge is 0.356 e. The second kappa shape index (κ2) is 7.24. The van der Waals surface area contributed by atoms with E-state index in [1.807, 2.05) is 0 Å². The zero-order valence-corrected chi connectivity index (χ0v) is 17.7. The third kappa shape index (κ3) is 3.31. The van der Waals surface area contributed by atoms with Gasteiger partial charge in [-0.25, -0.2) is 14.2 Å². The smallest absolute Gasteiger partial charge is 0.333 e. The predicted molar refractivity (Wildman–Crippen MR) is 112 cm³/mol. The van der Waals surface area contributed by atoms with E-state index in [1.54, 1.807) is 11.7 Å². The van der Waals surface area contributed by atoms with E-state index in [0.29, 0.717) is 18.3 Å². The topological polar surface area (TPSA) is 121 Å². The van der Waals surface area contributed by atoms with E-state index >= 15 is 0 Å². The normalized spacial score (nSPS) is 17.9. The summed E-state index contributed by atoms with van der Waals surface area (Å²) in [5.41, 5.74) is 5.71. The summed E-state index contributed by atoms with van der Waals surface area (Å²) in [6.07, 6.45) is 5.99. The van der Waals surface area contributed by atoms with Crippen LogP contribution in [0.3, 0.4) is 0 Å². The molecule has 0 bridgehead atoms. The Balaban J connectivity index is 1.33. The van der Waals surface area contributed by atoms with Gasteiger partial charge in [-0.05, 0) is 60.8 Å². The Morgan fingerprint density at radius 3 is 2.43 bits per heavy atom. The summed E-state index contributed by atoms with van der Waals surface area (Å²) in [7, 11) is -2.29. The van der Waals surface area contributed by atoms with Gasteiger partial charge in [-0.2, -0.15) is 17.7 Å². The maximum Gasteiger partial charge on any atom is 0.333 e. The van der Waals surface area contributed by atoms with Crippen LogP contribution in [0.4, 0.5) is 16.4 Å². The Kier molecular flexibility index (Phi) is 4.66. The molecule has 2 aliphatic carbocycles. The lowest BCUT2D eigenvalue weighted by molar-refractivity contribution is 0.254. The van der Waals surface area contributed by atoms with Crippen molar-refractivity contribution in [1.29, 1.82) is 0 Å². The van der Waals surface area contributed by atoms with Gasteiger partial charge in [0.05, 0.1) is 13.1 Å². The number of anilines is 2. The Hall–Kier alpha value is -2.66. The first kappa shape index (κ1) is 19.3. The molecule has 5 rings (SSSR count). The minimum Gasteiger partial charge on any atom is -0.356 e. The van der Waals surface area contributed by atoms with Crippen LogP contribution >= 0.6 is 0 Å². The van der Waals surface area contributed by atoms with E-state index in [2.05, 4.69) is 31.5 Å². The highest BCUT2D eigenvalue weighted by Gasteiger charge is 2.31. The van der Waals surface area contributed by atoms with E-state index < -0.39 is 16.2 Å². The molecule has 0 fully saturated rings. The maximum absolute atomic E-state index is 12.8. The van der Waals surface area contributed by atoms with Crippen molar-refractivity contribution in [3.05, 3.63) is 34.1 Å². The van der Waals surface area contributed by atoms with Crippen LogP contribution in [0.25, 0.3) is 0 Å². The molecule has 0 saturated heterocycles. The highest BCUT2D eigenvalue weighted by molar-refractivity contribution is 7.87. The molecular weight excluding hydrogens is 406 g/mol. The molecule has 0 unspecified atom stereocenters. The molecule has 0 radical (unpaired) electrons. The maximum atomic E-state index is 12.8. The lowest BCUT2D eigenvalue weighted by Gasteiger charge is -2.26. The fraction of sp³-hybridized carbons (Fsp3) is 0.526. The standard InChI is InChI=1S/C19H25N7O3S/c1-20-18-21-16-11-25(8-9-26(16)23-18)30(28,29)24-19(27)22-17-14-6-2-4-12(14)10-13-5-3-7-15(13)17/h10H,2-9,11H2,1H3,(H,20,23)(H2,22,24,27). The Bertz CT molecular complexity index is 1090. The lowest BCUT2D eigenvalue weighted by atomic mass is 9.99. The first-order chi connectivity index (χ1) is 14.4. The molecule has 3 N–H and O–H groups in total. The highest BCUT2D eigenvalue weighted by Crippen LogP contribution is 2.38. The van der Waals surface area contributed by atoms with Crippen molar-refractivity contribution in [2.75, 3.05) is 24.2 Å². The zero-order chi connectivity index (χ0) is 20.9. The number of benzene rings is 1. The van der Waals surface area contributed by atoms with Gasteiger partial charge in [0.25, 0.3) is 0 Å². The molecule has 30 heavy (non-hydrogen) atoms. The van der Waals surface area contributed by atoms with E-state index in [4.69, 9.17) is 0 Å². The number of rotatable bonds is 4. The third-order valence-electron chi connectivity index (χ3n) is 6.12. The van der Waals surface area contributed by atoms with E-state index in [1.165, 1.54) is 15.4 Å². The van der Waals surface area contributed by atoms with Gasteiger partial charge < -0.3 is 10.6 Å². The van der Waals surface area contributed by atoms with Crippen LogP contribution in [0.2, 0.25) is 0 Å². The van der Waals surface area contributed by atoms with Crippen molar-refractivity contribution in [2.45, 2.75) is 51.6 Å². The number of hydrogen-bond donors (Lipinski definition) is 3. The molecule has 1 aromatic heterocycles. The monoisotopic (exact) mass is 431 g/mol. The van der Waals surface area contributed by atoms with Gasteiger partial charge in [0.15, 0.2) is 0 Å². The quantitative estimate of drug-likeness (QED) is 0.668. The highest BCUT2D eigenvalue weighted by atomic mass is 32.2. The lowest BCUT2D eigenvalue weighted by Crippen LogP contribution is -2.48. The van der Waals surface area contributed by atoms with Gasteiger partial charge in [-0.15, -0.1) is 5.10 Å². The summed E-state index contributed by atoms with van der Waals surface area (Å²) in [4.78, 5) is 17.0. The van der Waals surface area contributed by atoms with Crippen molar-refractivity contribution < 1.29 is 13.2 Å². The Morgan fingerprint density at radius 1 is 1.07 bits per heavy atom. The summed E-state index contributed by atoms with van der Waals surface area (Å²) in [6, 6.07) is 1.56. The van der Waals surface area contributed by atoms with Gasteiger partial charge >= 0.3 is 16.2 Å². The van der Waals surface area contributed by atoms with Gasteiger partial charge in [0, 0.05) is 19.3 Å². The number of carbonyl (C=O) groups excluding carboxylic acids is 1. The van der Waals surface area contributed by atoms with Crippen molar-refractivity contribution in [3.8, 4) is 0 Å². The predicted octanol–water partition coefficient (Wildman–Crippen LogP) is 1.18. The van der Waals surface area contributed by atoms with Crippen LogP contribution in [0, 0.1) is 0 Å². The number of aryl methyl sites for hydroxylation is 2. The van der Waals surface area contributed by atoms with Crippen LogP contribution in [-0.2, 0) is 49.0 Å². The van der Waals surface area contributed by atoms with Crippen LogP contribution in [-0.4, -0.2) is 47.1 Å². The average Bonchev–Trinajstić information content (AvgIpc) is 3.45. The second-order valence-electron chi connectivity index (χ2n) is 7.95. The molecule has 10 nitrogen and oxygen atoms in total. The first-order valence-electron chi connectivity index (χ1n) is 10.3. The molecule has 2 amide bonds. The fourth-order valence-corrected chi connectivity index (χ4v) is 5.73. The number of amides is 2. The zero-order valence-electron chi connectivity index (χ0n) is 16.9. The molecule has 0 atom stereocenters. The fourth-order valence-electron chi connectivity index (χ4n) is 4.71. The molecule has 0 spiro atoms. The van der Waals surface area contributed by atoms with Crippen molar-refractivity contribution in [1.82, 2.24) is 23.8 Å². The number of nitrogens with one attached hydrogen (secondary N) is 3. The second-order valence-corrected chi connectivity index (χ2v) is 9.62. The van der Waals surface area contributed by atoms with Crippen molar-refractivity contribution in [3.63, 3.8) is 0 Å². The minimum atomic E-state index is -4.00. The summed E-state index contributed by atoms with van der Waals surface area (Å²) in [6.45, 7) is 0.665. The molecule has 160 valence electrons. The summed E-state index contributed by atoms with van der Waals surface area (Å²) >= 11 is 0. The molecule has 3 aliphatic rings. The Labute approximate surface area is 175 Å². The van der Waals surface area contributed by atoms with Gasteiger partial charge in [-0.1, -0.05) is 6.07 Å².